The van der Waals surface area contributed by atoms with E-state index >= 15 is 0 Å². The molecule has 5 nitrogen and oxygen atoms in total. The van der Waals surface area contributed by atoms with Crippen molar-refractivity contribution in [2.24, 2.45) is 0 Å². The second-order valence-corrected chi connectivity index (χ2v) is 6.34. The second-order valence-electron chi connectivity index (χ2n) is 5.36. The van der Waals surface area contributed by atoms with Crippen LogP contribution in [-0.2, 0) is 6.18 Å². The molecule has 0 fully saturated rings. The molecule has 0 aliphatic rings. The molecule has 2 aromatic heterocycles. The van der Waals surface area contributed by atoms with Crippen LogP contribution in [0.15, 0.2) is 36.4 Å². The highest BCUT2D eigenvalue weighted by molar-refractivity contribution is 7.15. The minimum absolute atomic E-state index is 0.196. The van der Waals surface area contributed by atoms with Gasteiger partial charge >= 0.3 is 6.18 Å². The number of anilines is 1. The molecule has 0 unspecified atom stereocenters. The third kappa shape index (κ3) is 3.55. The van der Waals surface area contributed by atoms with Crippen molar-refractivity contribution in [3.63, 3.8) is 0 Å². The number of carbonyl (C=O) groups is 1. The quantitative estimate of drug-likeness (QED) is 0.755. The summed E-state index contributed by atoms with van der Waals surface area (Å²) >= 11 is 0.285. The molecule has 0 aliphatic heterocycles. The number of aryl methyl sites for hydroxylation is 2. The molecule has 9 heteroatoms. The first-order valence-corrected chi connectivity index (χ1v) is 8.05. The highest BCUT2D eigenvalue weighted by Gasteiger charge is 2.35. The minimum Gasteiger partial charge on any atom is -0.319 e. The first-order chi connectivity index (χ1) is 11.8. The van der Waals surface area contributed by atoms with Gasteiger partial charge in [-0.1, -0.05) is 11.3 Å². The van der Waals surface area contributed by atoms with Crippen molar-refractivity contribution in [2.45, 2.75) is 20.0 Å². The Morgan fingerprint density at radius 1 is 1.04 bits per heavy atom. The lowest BCUT2D eigenvalue weighted by molar-refractivity contribution is -0.138. The Labute approximate surface area is 145 Å². The first kappa shape index (κ1) is 17.2. The SMILES string of the molecule is Cc1ccc(C)n1-c1ccc(C(=O)Nc2nnc(C(F)(F)F)s2)cc1. The zero-order valence-corrected chi connectivity index (χ0v) is 14.1. The van der Waals surface area contributed by atoms with Crippen LogP contribution in [-0.4, -0.2) is 20.7 Å². The monoisotopic (exact) mass is 366 g/mol. The number of hydrogen-bond acceptors (Lipinski definition) is 4. The topological polar surface area (TPSA) is 59.8 Å². The smallest absolute Gasteiger partial charge is 0.319 e. The summed E-state index contributed by atoms with van der Waals surface area (Å²) in [5, 5.41) is 7.40. The molecule has 1 N–H and O–H groups in total. The number of hydrogen-bond donors (Lipinski definition) is 1. The van der Waals surface area contributed by atoms with Gasteiger partial charge in [-0.3, -0.25) is 10.1 Å². The molecule has 0 atom stereocenters. The van der Waals surface area contributed by atoms with Crippen molar-refractivity contribution in [1.82, 2.24) is 14.8 Å². The van der Waals surface area contributed by atoms with Crippen LogP contribution in [0.1, 0.15) is 26.8 Å². The second kappa shape index (κ2) is 6.32. The number of carbonyl (C=O) groups excluding carboxylic acids is 1. The summed E-state index contributed by atoms with van der Waals surface area (Å²) in [7, 11) is 0. The molecule has 130 valence electrons. The molecule has 3 rings (SSSR count). The number of benzene rings is 1. The van der Waals surface area contributed by atoms with Crippen LogP contribution >= 0.6 is 11.3 Å². The average molecular weight is 366 g/mol. The van der Waals surface area contributed by atoms with E-state index in [1.54, 1.807) is 24.3 Å². The Hall–Kier alpha value is -2.68. The highest BCUT2D eigenvalue weighted by Crippen LogP contribution is 2.33. The lowest BCUT2D eigenvalue weighted by atomic mass is 10.2. The van der Waals surface area contributed by atoms with Crippen LogP contribution in [0.25, 0.3) is 5.69 Å². The Kier molecular flexibility index (Phi) is 4.34. The van der Waals surface area contributed by atoms with Crippen LogP contribution in [0, 0.1) is 13.8 Å². The molecule has 0 radical (unpaired) electrons. The lowest BCUT2D eigenvalue weighted by Crippen LogP contribution is -2.12. The standard InChI is InChI=1S/C16H13F3N4OS/c1-9-3-4-10(2)23(9)12-7-5-11(6-8-12)13(24)20-15-22-21-14(25-15)16(17,18)19/h3-8H,1-2H3,(H,20,22,24). The fourth-order valence-corrected chi connectivity index (χ4v) is 3.00. The number of nitrogens with zero attached hydrogens (tertiary/aromatic N) is 3. The van der Waals surface area contributed by atoms with Crippen LogP contribution in [0.4, 0.5) is 18.3 Å². The van der Waals surface area contributed by atoms with Gasteiger partial charge in [0.2, 0.25) is 10.1 Å². The maximum absolute atomic E-state index is 12.5. The maximum atomic E-state index is 12.5. The molecule has 2 heterocycles. The molecule has 0 saturated carbocycles. The van der Waals surface area contributed by atoms with Crippen molar-refractivity contribution < 1.29 is 18.0 Å². The molecule has 25 heavy (non-hydrogen) atoms. The van der Waals surface area contributed by atoms with Gasteiger partial charge in [-0.2, -0.15) is 13.2 Å². The maximum Gasteiger partial charge on any atom is 0.445 e. The molecular formula is C16H13F3N4OS. The van der Waals surface area contributed by atoms with E-state index in [4.69, 9.17) is 0 Å². The number of alkyl halides is 3. The van der Waals surface area contributed by atoms with E-state index in [-0.39, 0.29) is 16.5 Å². The normalized spacial score (nSPS) is 11.6. The Bertz CT molecular complexity index is 893. The van der Waals surface area contributed by atoms with Crippen LogP contribution in [0.3, 0.4) is 0 Å². The van der Waals surface area contributed by atoms with E-state index in [2.05, 4.69) is 15.5 Å². The minimum atomic E-state index is -4.57. The summed E-state index contributed by atoms with van der Waals surface area (Å²) in [5.41, 5.74) is 3.33. The molecule has 1 amide bonds. The number of rotatable bonds is 3. The van der Waals surface area contributed by atoms with Gasteiger partial charge < -0.3 is 4.57 Å². The summed E-state index contributed by atoms with van der Waals surface area (Å²) < 4.78 is 39.5. The van der Waals surface area contributed by atoms with Gasteiger partial charge in [0.1, 0.15) is 0 Å². The van der Waals surface area contributed by atoms with Crippen molar-refractivity contribution in [3.8, 4) is 5.69 Å². The first-order valence-electron chi connectivity index (χ1n) is 7.23. The van der Waals surface area contributed by atoms with Crippen molar-refractivity contribution in [3.05, 3.63) is 58.4 Å². The number of amides is 1. The molecule has 1 aromatic carbocycles. The third-order valence-corrected chi connectivity index (χ3v) is 4.43. The molecule has 0 saturated heterocycles. The van der Waals surface area contributed by atoms with Crippen molar-refractivity contribution >= 4 is 22.4 Å². The van der Waals surface area contributed by atoms with E-state index in [9.17, 15) is 18.0 Å². The molecule has 3 aromatic rings. The molecule has 0 spiro atoms. The van der Waals surface area contributed by atoms with Crippen LogP contribution < -0.4 is 5.32 Å². The molecule has 0 bridgehead atoms. The summed E-state index contributed by atoms with van der Waals surface area (Å²) in [6.45, 7) is 3.95. The lowest BCUT2D eigenvalue weighted by Gasteiger charge is -2.10. The highest BCUT2D eigenvalue weighted by atomic mass is 32.1. The van der Waals surface area contributed by atoms with E-state index in [1.165, 1.54) is 0 Å². The number of halogens is 3. The average Bonchev–Trinajstić information content (AvgIpc) is 3.14. The van der Waals surface area contributed by atoms with Gasteiger partial charge in [-0.25, -0.2) is 0 Å². The number of nitrogens with one attached hydrogen (secondary N) is 1. The summed E-state index contributed by atoms with van der Waals surface area (Å²) in [5.74, 6) is -0.544. The van der Waals surface area contributed by atoms with E-state index in [1.807, 2.05) is 30.5 Å². The predicted molar refractivity (Wildman–Crippen MR) is 88.1 cm³/mol. The van der Waals surface area contributed by atoms with Crippen molar-refractivity contribution in [1.29, 1.82) is 0 Å². The van der Waals surface area contributed by atoms with Gasteiger partial charge in [-0.05, 0) is 50.2 Å². The van der Waals surface area contributed by atoms with Gasteiger partial charge in [0, 0.05) is 22.6 Å². The van der Waals surface area contributed by atoms with Gasteiger partial charge in [0.25, 0.3) is 5.91 Å². The summed E-state index contributed by atoms with van der Waals surface area (Å²) in [6, 6.07) is 10.7. The molecular weight excluding hydrogens is 353 g/mol. The van der Waals surface area contributed by atoms with Crippen molar-refractivity contribution in [2.75, 3.05) is 5.32 Å². The van der Waals surface area contributed by atoms with E-state index < -0.39 is 17.1 Å². The number of aromatic nitrogens is 3. The zero-order valence-electron chi connectivity index (χ0n) is 13.3. The fourth-order valence-electron chi connectivity index (χ4n) is 2.40. The predicted octanol–water partition coefficient (Wildman–Crippen LogP) is 4.22. The largest absolute Gasteiger partial charge is 0.445 e. The summed E-state index contributed by atoms with van der Waals surface area (Å²) in [6.07, 6.45) is -4.57. The van der Waals surface area contributed by atoms with E-state index in [0.29, 0.717) is 5.56 Å². The van der Waals surface area contributed by atoms with Gasteiger partial charge in [0.15, 0.2) is 0 Å². The fraction of sp³-hybridized carbons (Fsp3) is 0.188. The third-order valence-electron chi connectivity index (χ3n) is 3.55. The van der Waals surface area contributed by atoms with Gasteiger partial charge in [0.05, 0.1) is 0 Å². The summed E-state index contributed by atoms with van der Waals surface area (Å²) in [4.78, 5) is 12.1. The Morgan fingerprint density at radius 3 is 2.16 bits per heavy atom. The van der Waals surface area contributed by atoms with E-state index in [0.717, 1.165) is 17.1 Å². The van der Waals surface area contributed by atoms with Crippen LogP contribution in [0.5, 0.6) is 0 Å². The van der Waals surface area contributed by atoms with Crippen LogP contribution in [0.2, 0.25) is 0 Å². The van der Waals surface area contributed by atoms with Gasteiger partial charge in [-0.15, -0.1) is 10.2 Å². The molecule has 0 aliphatic carbocycles. The zero-order chi connectivity index (χ0) is 18.2. The Morgan fingerprint density at radius 2 is 1.64 bits per heavy atom. The Balaban J connectivity index is 1.76.